The monoisotopic (exact) mass is 232 g/mol. The summed E-state index contributed by atoms with van der Waals surface area (Å²) in [6, 6.07) is 6.39. The van der Waals surface area contributed by atoms with E-state index in [1.54, 1.807) is 11.3 Å². The Bertz CT molecular complexity index is 482. The van der Waals surface area contributed by atoms with E-state index in [0.29, 0.717) is 0 Å². The third-order valence-corrected chi connectivity index (χ3v) is 3.31. The molecule has 0 radical (unpaired) electrons. The molecule has 3 rings (SSSR count). The minimum absolute atomic E-state index is 0.738. The highest BCUT2D eigenvalue weighted by atomic mass is 32.1. The van der Waals surface area contributed by atoms with Gasteiger partial charge in [0.2, 0.25) is 0 Å². The van der Waals surface area contributed by atoms with Crippen molar-refractivity contribution in [1.29, 1.82) is 0 Å². The summed E-state index contributed by atoms with van der Waals surface area (Å²) in [7, 11) is 0. The number of nitrogens with zero attached hydrogens (tertiary/aromatic N) is 1. The van der Waals surface area contributed by atoms with E-state index >= 15 is 0 Å². The van der Waals surface area contributed by atoms with Crippen molar-refractivity contribution < 1.29 is 4.74 Å². The van der Waals surface area contributed by atoms with Crippen LogP contribution in [0.4, 0.5) is 5.69 Å². The van der Waals surface area contributed by atoms with Crippen LogP contribution in [0.3, 0.4) is 0 Å². The number of anilines is 1. The molecule has 0 amide bonds. The lowest BCUT2D eigenvalue weighted by Gasteiger charge is -2.06. The van der Waals surface area contributed by atoms with Gasteiger partial charge in [0.1, 0.15) is 0 Å². The minimum Gasteiger partial charge on any atom is -0.379 e. The van der Waals surface area contributed by atoms with Crippen LogP contribution in [0.25, 0.3) is 0 Å². The fourth-order valence-corrected chi connectivity index (χ4v) is 2.36. The van der Waals surface area contributed by atoms with Gasteiger partial charge in [0, 0.05) is 11.1 Å². The van der Waals surface area contributed by atoms with Crippen molar-refractivity contribution in [2.75, 3.05) is 5.32 Å². The summed E-state index contributed by atoms with van der Waals surface area (Å²) >= 11 is 1.62. The minimum atomic E-state index is 0.738. The summed E-state index contributed by atoms with van der Waals surface area (Å²) in [6.45, 7) is 2.27. The molecule has 82 valence electrons. The average molecular weight is 232 g/mol. The topological polar surface area (TPSA) is 34.2 Å². The third-order valence-electron chi connectivity index (χ3n) is 2.68. The maximum atomic E-state index is 5.38. The van der Waals surface area contributed by atoms with Gasteiger partial charge >= 0.3 is 0 Å². The predicted octanol–water partition coefficient (Wildman–Crippen LogP) is 2.79. The Morgan fingerprint density at radius 2 is 2.25 bits per heavy atom. The van der Waals surface area contributed by atoms with Crippen molar-refractivity contribution in [3.63, 3.8) is 0 Å². The van der Waals surface area contributed by atoms with Crippen LogP contribution in [0.5, 0.6) is 0 Å². The first-order chi connectivity index (χ1) is 7.92. The molecule has 0 aliphatic carbocycles. The molecule has 1 aliphatic heterocycles. The number of nitrogens with one attached hydrogen (secondary N) is 1. The lowest BCUT2D eigenvalue weighted by molar-refractivity contribution is 0.134. The summed E-state index contributed by atoms with van der Waals surface area (Å²) in [4.78, 5) is 4.24. The van der Waals surface area contributed by atoms with Crippen molar-refractivity contribution in [1.82, 2.24) is 4.98 Å². The number of fused-ring (bicyclic) bond motifs is 1. The third kappa shape index (κ3) is 1.94. The molecule has 0 saturated carbocycles. The number of benzene rings is 1. The molecule has 0 unspecified atom stereocenters. The van der Waals surface area contributed by atoms with Crippen molar-refractivity contribution in [2.24, 2.45) is 0 Å². The first kappa shape index (κ1) is 9.81. The van der Waals surface area contributed by atoms with Crippen LogP contribution in [0.2, 0.25) is 0 Å². The largest absolute Gasteiger partial charge is 0.379 e. The van der Waals surface area contributed by atoms with Gasteiger partial charge in [-0.3, -0.25) is 0 Å². The van der Waals surface area contributed by atoms with Crippen LogP contribution in [0.15, 0.2) is 29.1 Å². The Balaban J connectivity index is 1.71. The summed E-state index contributed by atoms with van der Waals surface area (Å²) in [5, 5.41) is 5.42. The number of thiazole rings is 1. The lowest BCUT2D eigenvalue weighted by Crippen LogP contribution is -2.00. The van der Waals surface area contributed by atoms with Crippen LogP contribution < -0.4 is 5.32 Å². The first-order valence-corrected chi connectivity index (χ1v) is 6.16. The highest BCUT2D eigenvalue weighted by Crippen LogP contribution is 2.23. The van der Waals surface area contributed by atoms with Gasteiger partial charge in [-0.1, -0.05) is 6.07 Å². The molecule has 0 saturated heterocycles. The highest BCUT2D eigenvalue weighted by Gasteiger charge is 2.10. The van der Waals surface area contributed by atoms with Crippen LogP contribution in [-0.2, 0) is 24.5 Å². The summed E-state index contributed by atoms with van der Waals surface area (Å²) in [6.07, 6.45) is 0. The van der Waals surface area contributed by atoms with Crippen molar-refractivity contribution in [3.8, 4) is 0 Å². The SMILES string of the molecule is c1nc(CNc2ccc3c(c2)COC3)cs1. The van der Waals surface area contributed by atoms with Crippen molar-refractivity contribution in [3.05, 3.63) is 45.9 Å². The van der Waals surface area contributed by atoms with Crippen LogP contribution in [0, 0.1) is 0 Å². The zero-order valence-corrected chi connectivity index (χ0v) is 9.59. The maximum Gasteiger partial charge on any atom is 0.0795 e. The van der Waals surface area contributed by atoms with Gasteiger partial charge in [0.15, 0.2) is 0 Å². The molecule has 0 bridgehead atoms. The Labute approximate surface area is 98.1 Å². The molecule has 4 heteroatoms. The highest BCUT2D eigenvalue weighted by molar-refractivity contribution is 7.07. The first-order valence-electron chi connectivity index (χ1n) is 5.22. The zero-order valence-electron chi connectivity index (χ0n) is 8.77. The quantitative estimate of drug-likeness (QED) is 0.883. The Morgan fingerprint density at radius 1 is 1.31 bits per heavy atom. The molecule has 1 N–H and O–H groups in total. The molecule has 2 aromatic rings. The number of aromatic nitrogens is 1. The Kier molecular flexibility index (Phi) is 2.60. The van der Waals surface area contributed by atoms with E-state index in [4.69, 9.17) is 4.74 Å². The van der Waals surface area contributed by atoms with E-state index in [9.17, 15) is 0 Å². The molecule has 2 heterocycles. The second-order valence-corrected chi connectivity index (χ2v) is 4.53. The van der Waals surface area contributed by atoms with E-state index in [0.717, 1.165) is 31.1 Å². The van der Waals surface area contributed by atoms with E-state index in [1.165, 1.54) is 11.1 Å². The number of rotatable bonds is 3. The van der Waals surface area contributed by atoms with E-state index in [1.807, 2.05) is 5.51 Å². The van der Waals surface area contributed by atoms with E-state index in [-0.39, 0.29) is 0 Å². The number of hydrogen-bond donors (Lipinski definition) is 1. The van der Waals surface area contributed by atoms with Gasteiger partial charge < -0.3 is 10.1 Å². The zero-order chi connectivity index (χ0) is 10.8. The fourth-order valence-electron chi connectivity index (χ4n) is 1.80. The van der Waals surface area contributed by atoms with Crippen molar-refractivity contribution >= 4 is 17.0 Å². The molecule has 0 spiro atoms. The average Bonchev–Trinajstić information content (AvgIpc) is 2.97. The van der Waals surface area contributed by atoms with Crippen LogP contribution in [-0.4, -0.2) is 4.98 Å². The predicted molar refractivity (Wildman–Crippen MR) is 64.4 cm³/mol. The molecule has 1 aliphatic rings. The fraction of sp³-hybridized carbons (Fsp3) is 0.250. The molecule has 0 fully saturated rings. The number of ether oxygens (including phenoxy) is 1. The standard InChI is InChI=1S/C12H12N2OS/c1-2-11(3-10-6-15-5-9(1)10)13-4-12-7-16-8-14-12/h1-3,7-8,13H,4-6H2. The Hall–Kier alpha value is -1.39. The van der Waals surface area contributed by atoms with Gasteiger partial charge in [-0.15, -0.1) is 11.3 Å². The smallest absolute Gasteiger partial charge is 0.0795 e. The molecule has 16 heavy (non-hydrogen) atoms. The lowest BCUT2D eigenvalue weighted by atomic mass is 10.1. The van der Waals surface area contributed by atoms with Crippen LogP contribution >= 0.6 is 11.3 Å². The van der Waals surface area contributed by atoms with Crippen LogP contribution in [0.1, 0.15) is 16.8 Å². The molecular weight excluding hydrogens is 220 g/mol. The van der Waals surface area contributed by atoms with Gasteiger partial charge in [-0.2, -0.15) is 0 Å². The van der Waals surface area contributed by atoms with Gasteiger partial charge in [-0.25, -0.2) is 4.98 Å². The number of hydrogen-bond acceptors (Lipinski definition) is 4. The molecule has 0 atom stereocenters. The van der Waals surface area contributed by atoms with Crippen molar-refractivity contribution in [2.45, 2.75) is 19.8 Å². The summed E-state index contributed by atoms with van der Waals surface area (Å²) in [5.41, 5.74) is 6.68. The Morgan fingerprint density at radius 3 is 3.12 bits per heavy atom. The van der Waals surface area contributed by atoms with Gasteiger partial charge in [0.25, 0.3) is 0 Å². The van der Waals surface area contributed by atoms with Gasteiger partial charge in [0.05, 0.1) is 31.0 Å². The van der Waals surface area contributed by atoms with E-state index < -0.39 is 0 Å². The van der Waals surface area contributed by atoms with E-state index in [2.05, 4.69) is 33.9 Å². The normalized spacial score (nSPS) is 13.8. The molecule has 1 aromatic carbocycles. The summed E-state index contributed by atoms with van der Waals surface area (Å²) in [5.74, 6) is 0. The second kappa shape index (κ2) is 4.23. The maximum absolute atomic E-state index is 5.38. The molecular formula is C12H12N2OS. The van der Waals surface area contributed by atoms with Gasteiger partial charge in [-0.05, 0) is 23.3 Å². The molecule has 3 nitrogen and oxygen atoms in total. The summed E-state index contributed by atoms with van der Waals surface area (Å²) < 4.78 is 5.38. The molecule has 1 aromatic heterocycles. The second-order valence-electron chi connectivity index (χ2n) is 3.81.